The maximum Gasteiger partial charge on any atom is 0.257 e. The number of morpholine rings is 1. The number of hydrogen-bond donors (Lipinski definition) is 1. The summed E-state index contributed by atoms with van der Waals surface area (Å²) in [6, 6.07) is 5.29. The summed E-state index contributed by atoms with van der Waals surface area (Å²) >= 11 is 3.37. The predicted octanol–water partition coefficient (Wildman–Crippen LogP) is 1.65. The summed E-state index contributed by atoms with van der Waals surface area (Å²) in [7, 11) is 1.56. The minimum Gasteiger partial charge on any atom is -0.496 e. The Hall–Kier alpha value is -1.11. The molecule has 20 heavy (non-hydrogen) atoms. The molecule has 1 aromatic carbocycles. The number of carbonyl (C=O) groups excluding carboxylic acids is 1. The zero-order chi connectivity index (χ0) is 14.7. The Morgan fingerprint density at radius 2 is 2.35 bits per heavy atom. The van der Waals surface area contributed by atoms with E-state index in [-0.39, 0.29) is 18.1 Å². The second-order valence-electron chi connectivity index (χ2n) is 4.86. The third kappa shape index (κ3) is 3.31. The van der Waals surface area contributed by atoms with Crippen LogP contribution in [0.25, 0.3) is 0 Å². The molecular weight excluding hydrogens is 324 g/mol. The standard InChI is InChI=1S/C14H19BrN2O3/c1-9(16)13-8-17(5-6-20-13)14(18)11-4-3-10(15)7-12(11)19-2/h3-4,7,9,13H,5-6,8,16H2,1-2H3. The van der Waals surface area contributed by atoms with Crippen molar-refractivity contribution in [2.24, 2.45) is 5.73 Å². The van der Waals surface area contributed by atoms with Gasteiger partial charge in [-0.3, -0.25) is 4.79 Å². The number of nitrogens with two attached hydrogens (primary N) is 1. The zero-order valence-corrected chi connectivity index (χ0v) is 13.2. The van der Waals surface area contributed by atoms with Gasteiger partial charge in [-0.2, -0.15) is 0 Å². The van der Waals surface area contributed by atoms with E-state index in [4.69, 9.17) is 15.2 Å². The summed E-state index contributed by atoms with van der Waals surface area (Å²) in [5, 5.41) is 0. The van der Waals surface area contributed by atoms with Crippen molar-refractivity contribution in [2.75, 3.05) is 26.8 Å². The van der Waals surface area contributed by atoms with Gasteiger partial charge in [0.25, 0.3) is 5.91 Å². The minimum atomic E-state index is -0.117. The van der Waals surface area contributed by atoms with Crippen LogP contribution in [0.2, 0.25) is 0 Å². The van der Waals surface area contributed by atoms with Gasteiger partial charge in [-0.05, 0) is 25.1 Å². The lowest BCUT2D eigenvalue weighted by molar-refractivity contribution is -0.0300. The molecule has 110 valence electrons. The lowest BCUT2D eigenvalue weighted by Crippen LogP contribution is -2.51. The van der Waals surface area contributed by atoms with Gasteiger partial charge in [0.2, 0.25) is 0 Å². The van der Waals surface area contributed by atoms with E-state index >= 15 is 0 Å². The van der Waals surface area contributed by atoms with Crippen LogP contribution in [0.4, 0.5) is 0 Å². The summed E-state index contributed by atoms with van der Waals surface area (Å²) in [6.45, 7) is 3.48. The van der Waals surface area contributed by atoms with Gasteiger partial charge in [-0.25, -0.2) is 0 Å². The van der Waals surface area contributed by atoms with Gasteiger partial charge >= 0.3 is 0 Å². The molecule has 1 aliphatic rings. The second-order valence-corrected chi connectivity index (χ2v) is 5.78. The summed E-state index contributed by atoms with van der Waals surface area (Å²) in [4.78, 5) is 14.4. The largest absolute Gasteiger partial charge is 0.496 e. The van der Waals surface area contributed by atoms with Crippen molar-refractivity contribution in [1.29, 1.82) is 0 Å². The van der Waals surface area contributed by atoms with E-state index in [2.05, 4.69) is 15.9 Å². The molecule has 6 heteroatoms. The minimum absolute atomic E-state index is 0.0525. The third-order valence-corrected chi connectivity index (χ3v) is 3.85. The van der Waals surface area contributed by atoms with E-state index in [0.29, 0.717) is 31.0 Å². The van der Waals surface area contributed by atoms with Gasteiger partial charge in [0.05, 0.1) is 25.4 Å². The summed E-state index contributed by atoms with van der Waals surface area (Å²) in [5.74, 6) is 0.511. The van der Waals surface area contributed by atoms with Gasteiger partial charge < -0.3 is 20.1 Å². The topological polar surface area (TPSA) is 64.8 Å². The molecule has 0 radical (unpaired) electrons. The Morgan fingerprint density at radius 1 is 1.60 bits per heavy atom. The zero-order valence-electron chi connectivity index (χ0n) is 11.6. The first kappa shape index (κ1) is 15.3. The number of benzene rings is 1. The Bertz CT molecular complexity index is 493. The van der Waals surface area contributed by atoms with Crippen molar-refractivity contribution < 1.29 is 14.3 Å². The molecular formula is C14H19BrN2O3. The number of methoxy groups -OCH3 is 1. The second kappa shape index (κ2) is 6.56. The van der Waals surface area contributed by atoms with Crippen LogP contribution < -0.4 is 10.5 Å². The molecule has 2 unspecified atom stereocenters. The molecule has 0 aliphatic carbocycles. The Labute approximate surface area is 127 Å². The van der Waals surface area contributed by atoms with Crippen LogP contribution in [0, 0.1) is 0 Å². The molecule has 1 fully saturated rings. The highest BCUT2D eigenvalue weighted by Gasteiger charge is 2.28. The van der Waals surface area contributed by atoms with Gasteiger partial charge in [0.15, 0.2) is 0 Å². The Morgan fingerprint density at radius 3 is 3.00 bits per heavy atom. The van der Waals surface area contributed by atoms with E-state index in [9.17, 15) is 4.79 Å². The first-order valence-corrected chi connectivity index (χ1v) is 7.32. The van der Waals surface area contributed by atoms with Crippen molar-refractivity contribution in [1.82, 2.24) is 4.90 Å². The van der Waals surface area contributed by atoms with Crippen molar-refractivity contribution in [2.45, 2.75) is 19.1 Å². The molecule has 1 heterocycles. The number of hydrogen-bond acceptors (Lipinski definition) is 4. The third-order valence-electron chi connectivity index (χ3n) is 3.36. The molecule has 0 spiro atoms. The van der Waals surface area contributed by atoms with Crippen LogP contribution in [0.1, 0.15) is 17.3 Å². The summed E-state index contributed by atoms with van der Waals surface area (Å²) in [6.07, 6.45) is -0.117. The number of rotatable bonds is 3. The number of nitrogens with zero attached hydrogens (tertiary/aromatic N) is 1. The van der Waals surface area contributed by atoms with E-state index in [1.54, 1.807) is 24.1 Å². The van der Waals surface area contributed by atoms with Crippen LogP contribution in [0.3, 0.4) is 0 Å². The Balaban J connectivity index is 2.18. The van der Waals surface area contributed by atoms with Gasteiger partial charge in [-0.15, -0.1) is 0 Å². The van der Waals surface area contributed by atoms with Crippen LogP contribution >= 0.6 is 15.9 Å². The highest BCUT2D eigenvalue weighted by atomic mass is 79.9. The molecule has 0 bridgehead atoms. The van der Waals surface area contributed by atoms with Gasteiger partial charge in [0, 0.05) is 23.6 Å². The number of ether oxygens (including phenoxy) is 2. The molecule has 1 aromatic rings. The normalized spacial score (nSPS) is 20.6. The van der Waals surface area contributed by atoms with E-state index in [1.165, 1.54) is 0 Å². The number of halogens is 1. The predicted molar refractivity (Wildman–Crippen MR) is 80.0 cm³/mol. The van der Waals surface area contributed by atoms with Crippen molar-refractivity contribution in [3.05, 3.63) is 28.2 Å². The molecule has 1 aliphatic heterocycles. The van der Waals surface area contributed by atoms with E-state index < -0.39 is 0 Å². The first-order chi connectivity index (χ1) is 9.52. The average molecular weight is 343 g/mol. The van der Waals surface area contributed by atoms with Crippen molar-refractivity contribution >= 4 is 21.8 Å². The average Bonchev–Trinajstić information content (AvgIpc) is 2.46. The van der Waals surface area contributed by atoms with Crippen LogP contribution in [-0.4, -0.2) is 49.8 Å². The van der Waals surface area contributed by atoms with Gasteiger partial charge in [-0.1, -0.05) is 15.9 Å². The molecule has 2 N–H and O–H groups in total. The SMILES string of the molecule is COc1cc(Br)ccc1C(=O)N1CCOC(C(C)N)C1. The fourth-order valence-corrected chi connectivity index (χ4v) is 2.53. The monoisotopic (exact) mass is 342 g/mol. The lowest BCUT2D eigenvalue weighted by Gasteiger charge is -2.35. The fourth-order valence-electron chi connectivity index (χ4n) is 2.19. The molecule has 0 saturated carbocycles. The van der Waals surface area contributed by atoms with Gasteiger partial charge in [0.1, 0.15) is 5.75 Å². The highest BCUT2D eigenvalue weighted by molar-refractivity contribution is 9.10. The number of carbonyl (C=O) groups is 1. The quantitative estimate of drug-likeness (QED) is 0.906. The smallest absolute Gasteiger partial charge is 0.257 e. The molecule has 1 amide bonds. The summed E-state index contributed by atoms with van der Waals surface area (Å²) < 4.78 is 11.7. The fraction of sp³-hybridized carbons (Fsp3) is 0.500. The maximum absolute atomic E-state index is 12.6. The summed E-state index contributed by atoms with van der Waals surface area (Å²) in [5.41, 5.74) is 6.41. The molecule has 5 nitrogen and oxygen atoms in total. The van der Waals surface area contributed by atoms with E-state index in [1.807, 2.05) is 13.0 Å². The highest BCUT2D eigenvalue weighted by Crippen LogP contribution is 2.25. The molecule has 2 atom stereocenters. The van der Waals surface area contributed by atoms with Crippen molar-refractivity contribution in [3.8, 4) is 5.75 Å². The van der Waals surface area contributed by atoms with Crippen molar-refractivity contribution in [3.63, 3.8) is 0 Å². The lowest BCUT2D eigenvalue weighted by atomic mass is 10.1. The number of amides is 1. The molecule has 0 aromatic heterocycles. The van der Waals surface area contributed by atoms with E-state index in [0.717, 1.165) is 4.47 Å². The first-order valence-electron chi connectivity index (χ1n) is 6.53. The molecule has 2 rings (SSSR count). The maximum atomic E-state index is 12.6. The van der Waals surface area contributed by atoms with Crippen LogP contribution in [0.15, 0.2) is 22.7 Å². The van der Waals surface area contributed by atoms with Crippen LogP contribution in [-0.2, 0) is 4.74 Å². The van der Waals surface area contributed by atoms with Crippen LogP contribution in [0.5, 0.6) is 5.75 Å². The Kier molecular flexibility index (Phi) is 5.01. The molecule has 1 saturated heterocycles.